The molecule has 1 saturated carbocycles. The van der Waals surface area contributed by atoms with E-state index in [9.17, 15) is 10.2 Å². The maximum atomic E-state index is 11.1. The van der Waals surface area contributed by atoms with Gasteiger partial charge in [0.05, 0.1) is 12.2 Å². The molecule has 4 heteroatoms. The van der Waals surface area contributed by atoms with Crippen molar-refractivity contribution in [1.29, 1.82) is 0 Å². The Hall–Kier alpha value is -3.34. The van der Waals surface area contributed by atoms with Crippen LogP contribution in [0.4, 0.5) is 11.4 Å². The van der Waals surface area contributed by atoms with Crippen LogP contribution in [-0.4, -0.2) is 36.5 Å². The van der Waals surface area contributed by atoms with E-state index in [1.54, 1.807) is 0 Å². The van der Waals surface area contributed by atoms with Gasteiger partial charge in [-0.15, -0.1) is 0 Å². The van der Waals surface area contributed by atoms with Crippen molar-refractivity contribution in [2.24, 2.45) is 11.8 Å². The molecule has 6 rings (SSSR count). The number of likely N-dealkylation sites (N-methyl/N-ethyl adjacent to an activating group) is 2. The molecule has 178 valence electrons. The fourth-order valence-corrected chi connectivity index (χ4v) is 6.27. The van der Waals surface area contributed by atoms with Crippen LogP contribution >= 0.6 is 0 Å². The third kappa shape index (κ3) is 3.20. The van der Waals surface area contributed by atoms with E-state index in [1.165, 1.54) is 27.6 Å². The van der Waals surface area contributed by atoms with Crippen LogP contribution in [0.15, 0.2) is 90.3 Å². The molecule has 0 saturated heterocycles. The second-order valence-electron chi connectivity index (χ2n) is 10.6. The summed E-state index contributed by atoms with van der Waals surface area (Å²) in [7, 11) is 4.12. The van der Waals surface area contributed by atoms with E-state index in [2.05, 4.69) is 97.5 Å². The molecule has 2 aliphatic heterocycles. The number of benzene rings is 3. The third-order valence-corrected chi connectivity index (χ3v) is 8.31. The summed E-state index contributed by atoms with van der Waals surface area (Å²) in [5, 5.41) is 24.8. The maximum Gasteiger partial charge on any atom is 0.0717 e. The van der Waals surface area contributed by atoms with Gasteiger partial charge in [-0.3, -0.25) is 0 Å². The van der Waals surface area contributed by atoms with Crippen LogP contribution in [0, 0.1) is 11.8 Å². The number of aliphatic hydroxyl groups excluding tert-OH is 2. The van der Waals surface area contributed by atoms with Crippen LogP contribution in [0.5, 0.6) is 0 Å². The van der Waals surface area contributed by atoms with Crippen molar-refractivity contribution in [2.45, 2.75) is 31.5 Å². The number of hydrogen-bond acceptors (Lipinski definition) is 4. The molecule has 2 atom stereocenters. The van der Waals surface area contributed by atoms with E-state index in [-0.39, 0.29) is 17.3 Å². The minimum absolute atomic E-state index is 0.232. The first kappa shape index (κ1) is 22.1. The molecule has 3 aromatic carbocycles. The molecule has 2 N–H and O–H groups in total. The van der Waals surface area contributed by atoms with Gasteiger partial charge in [0, 0.05) is 54.1 Å². The van der Waals surface area contributed by atoms with Gasteiger partial charge in [0.25, 0.3) is 0 Å². The van der Waals surface area contributed by atoms with Gasteiger partial charge in [0.1, 0.15) is 0 Å². The Kier molecular flexibility index (Phi) is 4.96. The van der Waals surface area contributed by atoms with Crippen LogP contribution in [0.25, 0.3) is 16.8 Å². The van der Waals surface area contributed by atoms with Crippen LogP contribution < -0.4 is 9.80 Å². The van der Waals surface area contributed by atoms with Gasteiger partial charge < -0.3 is 20.0 Å². The van der Waals surface area contributed by atoms with E-state index >= 15 is 0 Å². The van der Waals surface area contributed by atoms with Gasteiger partial charge in [-0.25, -0.2) is 0 Å². The molecule has 0 radical (unpaired) electrons. The highest BCUT2D eigenvalue weighted by atomic mass is 16.3. The molecule has 0 spiro atoms. The Morgan fingerprint density at radius 1 is 0.743 bits per heavy atom. The molecule has 0 amide bonds. The predicted molar refractivity (Wildman–Crippen MR) is 144 cm³/mol. The monoisotopic (exact) mass is 464 g/mol. The average Bonchev–Trinajstić information content (AvgIpc) is 3.06. The Labute approximate surface area is 207 Å². The number of nitrogens with zero attached hydrogens (tertiary/aromatic N) is 2. The first-order chi connectivity index (χ1) is 16.8. The molecule has 1 aliphatic carbocycles. The van der Waals surface area contributed by atoms with Gasteiger partial charge in [-0.2, -0.15) is 0 Å². The van der Waals surface area contributed by atoms with E-state index in [1.807, 2.05) is 25.3 Å². The van der Waals surface area contributed by atoms with Gasteiger partial charge >= 0.3 is 0 Å². The number of aliphatic hydroxyl groups is 2. The van der Waals surface area contributed by atoms with Gasteiger partial charge in [-0.1, -0.05) is 80.6 Å². The van der Waals surface area contributed by atoms with Crippen molar-refractivity contribution in [2.75, 3.05) is 23.9 Å². The molecule has 35 heavy (non-hydrogen) atoms. The largest absolute Gasteiger partial charge is 0.392 e. The van der Waals surface area contributed by atoms with Crippen LogP contribution in [0.1, 0.15) is 25.0 Å². The summed E-state index contributed by atoms with van der Waals surface area (Å²) < 4.78 is 0. The lowest BCUT2D eigenvalue weighted by atomic mass is 9.67. The van der Waals surface area contributed by atoms with Gasteiger partial charge in [0.2, 0.25) is 0 Å². The summed E-state index contributed by atoms with van der Waals surface area (Å²) in [6.45, 7) is 4.48. The van der Waals surface area contributed by atoms with Gasteiger partial charge in [0.15, 0.2) is 0 Å². The average molecular weight is 465 g/mol. The molecule has 2 heterocycles. The van der Waals surface area contributed by atoms with E-state index in [0.717, 1.165) is 17.1 Å². The van der Waals surface area contributed by atoms with E-state index in [4.69, 9.17) is 0 Å². The highest BCUT2D eigenvalue weighted by Gasteiger charge is 2.49. The second-order valence-corrected chi connectivity index (χ2v) is 10.6. The van der Waals surface area contributed by atoms with Crippen molar-refractivity contribution in [1.82, 2.24) is 0 Å². The number of rotatable bonds is 2. The molecule has 0 aromatic heterocycles. The van der Waals surface area contributed by atoms with Crippen LogP contribution in [0.3, 0.4) is 0 Å². The standard InChI is InChI=1S/C31H32N2O2/c1-31(2)27(33(4)26-16-14-19-9-5-7-11-22(19)28(26)31)18-24-29(34)23(30(24)35)17-21-15-13-20-10-6-8-12-25(20)32(21)3/h5-18,23-24,29-30,34-35H,1-4H3. The summed E-state index contributed by atoms with van der Waals surface area (Å²) in [5.41, 5.74) is 6.68. The Balaban J connectivity index is 1.30. The normalized spacial score (nSPS) is 29.0. The lowest BCUT2D eigenvalue weighted by Gasteiger charge is -2.45. The molecule has 3 aliphatic rings. The number of allylic oxidation sites excluding steroid dienone is 2. The van der Waals surface area contributed by atoms with Crippen molar-refractivity contribution in [3.8, 4) is 0 Å². The lowest BCUT2D eigenvalue weighted by molar-refractivity contribution is -0.111. The molecule has 2 unspecified atom stereocenters. The van der Waals surface area contributed by atoms with Crippen molar-refractivity contribution in [3.05, 3.63) is 101 Å². The van der Waals surface area contributed by atoms with Crippen LogP contribution in [-0.2, 0) is 5.41 Å². The first-order valence-corrected chi connectivity index (χ1v) is 12.4. The zero-order valence-corrected chi connectivity index (χ0v) is 20.7. The third-order valence-electron chi connectivity index (χ3n) is 8.31. The summed E-state index contributed by atoms with van der Waals surface area (Å²) in [5.74, 6) is -0.610. The minimum Gasteiger partial charge on any atom is -0.392 e. The topological polar surface area (TPSA) is 46.9 Å². The summed E-state index contributed by atoms with van der Waals surface area (Å²) in [6, 6.07) is 21.1. The SMILES string of the molecule is CN1C(=CC2C(O)C(C=C3N(C)c4ccc5ccccc5c4C3(C)C)C2O)C=Cc2ccccc21. The van der Waals surface area contributed by atoms with Crippen molar-refractivity contribution < 1.29 is 10.2 Å². The first-order valence-electron chi connectivity index (χ1n) is 12.4. The summed E-state index contributed by atoms with van der Waals surface area (Å²) >= 11 is 0. The quantitative estimate of drug-likeness (QED) is 0.528. The predicted octanol–water partition coefficient (Wildman–Crippen LogP) is 5.47. The number of hydrogen-bond donors (Lipinski definition) is 2. The molecule has 0 bridgehead atoms. The maximum absolute atomic E-state index is 11.1. The highest BCUT2D eigenvalue weighted by Crippen LogP contribution is 2.51. The number of fused-ring (bicyclic) bond motifs is 4. The molecule has 4 nitrogen and oxygen atoms in total. The Bertz CT molecular complexity index is 1410. The summed E-state index contributed by atoms with van der Waals surface area (Å²) in [4.78, 5) is 4.35. The molecule has 1 fully saturated rings. The highest BCUT2D eigenvalue weighted by molar-refractivity contribution is 5.94. The molecule has 3 aromatic rings. The van der Waals surface area contributed by atoms with Crippen molar-refractivity contribution in [3.63, 3.8) is 0 Å². The fourth-order valence-electron chi connectivity index (χ4n) is 6.27. The molecular formula is C31H32N2O2. The smallest absolute Gasteiger partial charge is 0.0717 e. The van der Waals surface area contributed by atoms with Crippen LogP contribution in [0.2, 0.25) is 0 Å². The Morgan fingerprint density at radius 2 is 1.43 bits per heavy atom. The fraction of sp³-hybridized carbons (Fsp3) is 0.290. The zero-order valence-electron chi connectivity index (χ0n) is 20.7. The molecular weight excluding hydrogens is 432 g/mol. The van der Waals surface area contributed by atoms with E-state index in [0.29, 0.717) is 0 Å². The number of anilines is 2. The minimum atomic E-state index is -0.631. The number of para-hydroxylation sites is 1. The summed E-state index contributed by atoms with van der Waals surface area (Å²) in [6.07, 6.45) is 7.01. The Morgan fingerprint density at radius 3 is 2.23 bits per heavy atom. The van der Waals surface area contributed by atoms with Crippen molar-refractivity contribution >= 4 is 28.2 Å². The lowest BCUT2D eigenvalue weighted by Crippen LogP contribution is -2.54. The van der Waals surface area contributed by atoms with E-state index < -0.39 is 12.2 Å². The zero-order chi connectivity index (χ0) is 24.5. The van der Waals surface area contributed by atoms with Gasteiger partial charge in [-0.05, 0) is 40.1 Å². The second kappa shape index (κ2) is 7.84.